The van der Waals surface area contributed by atoms with Crippen LogP contribution in [0.2, 0.25) is 0 Å². The van der Waals surface area contributed by atoms with E-state index >= 15 is 0 Å². The van der Waals surface area contributed by atoms with E-state index in [1.807, 2.05) is 17.0 Å². The monoisotopic (exact) mass is 431 g/mol. The predicted octanol–water partition coefficient (Wildman–Crippen LogP) is 2.77. The Balaban J connectivity index is 1.60. The van der Waals surface area contributed by atoms with Gasteiger partial charge in [0.15, 0.2) is 0 Å². The lowest BCUT2D eigenvalue weighted by atomic mass is 10.00. The number of ether oxygens (including phenoxy) is 1. The van der Waals surface area contributed by atoms with E-state index in [0.717, 1.165) is 35.5 Å². The molecule has 4 rings (SSSR count). The second-order valence-corrected chi connectivity index (χ2v) is 8.18. The van der Waals surface area contributed by atoms with Gasteiger partial charge >= 0.3 is 0 Å². The van der Waals surface area contributed by atoms with Gasteiger partial charge in [0.25, 0.3) is 5.91 Å². The topological polar surface area (TPSA) is 84.6 Å². The molecule has 0 spiro atoms. The molecule has 2 aromatic heterocycles. The van der Waals surface area contributed by atoms with Gasteiger partial charge in [-0.1, -0.05) is 0 Å². The van der Waals surface area contributed by atoms with Gasteiger partial charge in [-0.2, -0.15) is 0 Å². The maximum absolute atomic E-state index is 13.9. The minimum absolute atomic E-state index is 0.109. The SMILES string of the molecule is COc1cc(CN2CCc3c(N4CCCC(F)(F)CC4)cc(C(N)=O)nc3C2)ccn1. The van der Waals surface area contributed by atoms with Crippen LogP contribution >= 0.6 is 0 Å². The molecule has 4 heterocycles. The Morgan fingerprint density at radius 1 is 1.26 bits per heavy atom. The van der Waals surface area contributed by atoms with Crippen LogP contribution in [-0.4, -0.2) is 53.4 Å². The number of aromatic nitrogens is 2. The number of carbonyl (C=O) groups excluding carboxylic acids is 1. The Morgan fingerprint density at radius 3 is 2.87 bits per heavy atom. The van der Waals surface area contributed by atoms with Crippen LogP contribution in [0.1, 0.15) is 46.6 Å². The molecule has 2 N–H and O–H groups in total. The van der Waals surface area contributed by atoms with E-state index in [4.69, 9.17) is 10.5 Å². The molecule has 2 aliphatic rings. The van der Waals surface area contributed by atoms with E-state index < -0.39 is 11.8 Å². The van der Waals surface area contributed by atoms with Gasteiger partial charge in [0.05, 0.1) is 12.8 Å². The molecule has 9 heteroatoms. The summed E-state index contributed by atoms with van der Waals surface area (Å²) in [5, 5.41) is 0. The Morgan fingerprint density at radius 2 is 2.10 bits per heavy atom. The molecule has 0 radical (unpaired) electrons. The van der Waals surface area contributed by atoms with Crippen LogP contribution < -0.4 is 15.4 Å². The van der Waals surface area contributed by atoms with Crippen molar-refractivity contribution < 1.29 is 18.3 Å². The molecule has 2 aliphatic heterocycles. The van der Waals surface area contributed by atoms with E-state index in [-0.39, 0.29) is 25.1 Å². The summed E-state index contributed by atoms with van der Waals surface area (Å²) in [6.45, 7) is 2.82. The predicted molar refractivity (Wildman–Crippen MR) is 112 cm³/mol. The fraction of sp³-hybridized carbons (Fsp3) is 0.500. The molecule has 1 fully saturated rings. The number of fused-ring (bicyclic) bond motifs is 1. The first-order chi connectivity index (χ1) is 14.8. The summed E-state index contributed by atoms with van der Waals surface area (Å²) >= 11 is 0. The maximum Gasteiger partial charge on any atom is 0.267 e. The van der Waals surface area contributed by atoms with Crippen molar-refractivity contribution in [1.29, 1.82) is 0 Å². The number of anilines is 1. The van der Waals surface area contributed by atoms with Crippen molar-refractivity contribution >= 4 is 11.6 Å². The number of hydrogen-bond donors (Lipinski definition) is 1. The van der Waals surface area contributed by atoms with Gasteiger partial charge in [0.1, 0.15) is 5.69 Å². The lowest BCUT2D eigenvalue weighted by Gasteiger charge is -2.33. The molecular formula is C22H27F2N5O2. The van der Waals surface area contributed by atoms with Crippen molar-refractivity contribution in [3.05, 3.63) is 46.9 Å². The normalized spacial score (nSPS) is 18.9. The molecule has 166 valence electrons. The lowest BCUT2D eigenvalue weighted by Crippen LogP contribution is -2.34. The number of primary amides is 1. The highest BCUT2D eigenvalue weighted by molar-refractivity contribution is 5.92. The Labute approximate surface area is 180 Å². The quantitative estimate of drug-likeness (QED) is 0.784. The summed E-state index contributed by atoms with van der Waals surface area (Å²) in [6.07, 6.45) is 2.55. The number of amides is 1. The van der Waals surface area contributed by atoms with E-state index in [9.17, 15) is 13.6 Å². The summed E-state index contributed by atoms with van der Waals surface area (Å²) in [5.41, 5.74) is 9.41. The number of nitrogens with zero attached hydrogens (tertiary/aromatic N) is 4. The molecule has 31 heavy (non-hydrogen) atoms. The third-order valence-corrected chi connectivity index (χ3v) is 5.96. The van der Waals surface area contributed by atoms with Crippen LogP contribution in [0.4, 0.5) is 14.5 Å². The molecule has 1 amide bonds. The molecule has 1 saturated heterocycles. The number of nitrogens with two attached hydrogens (primary N) is 1. The summed E-state index contributed by atoms with van der Waals surface area (Å²) in [4.78, 5) is 24.8. The largest absolute Gasteiger partial charge is 0.481 e. The highest BCUT2D eigenvalue weighted by atomic mass is 19.3. The minimum Gasteiger partial charge on any atom is -0.481 e. The summed E-state index contributed by atoms with van der Waals surface area (Å²) < 4.78 is 33.0. The number of alkyl halides is 2. The van der Waals surface area contributed by atoms with Gasteiger partial charge in [-0.3, -0.25) is 9.69 Å². The van der Waals surface area contributed by atoms with Crippen LogP contribution in [0.25, 0.3) is 0 Å². The number of pyridine rings is 2. The highest BCUT2D eigenvalue weighted by Crippen LogP contribution is 2.34. The maximum atomic E-state index is 13.9. The molecule has 0 saturated carbocycles. The number of halogens is 2. The van der Waals surface area contributed by atoms with Crippen molar-refractivity contribution in [2.75, 3.05) is 31.6 Å². The molecular weight excluding hydrogens is 404 g/mol. The van der Waals surface area contributed by atoms with Crippen LogP contribution in [-0.2, 0) is 19.5 Å². The molecule has 0 unspecified atom stereocenters. The smallest absolute Gasteiger partial charge is 0.267 e. The second-order valence-electron chi connectivity index (χ2n) is 8.18. The molecule has 7 nitrogen and oxygen atoms in total. The first-order valence-corrected chi connectivity index (χ1v) is 10.5. The standard InChI is InChI=1S/C22H27F2N5O2/c1-31-20-11-15(3-7-26-20)13-28-9-4-16-18(14-28)27-17(21(25)30)12-19(16)29-8-2-5-22(23,24)6-10-29/h3,7,11-12H,2,4-6,8-10,13-14H2,1H3,(H2,25,30). The van der Waals surface area contributed by atoms with Crippen molar-refractivity contribution in [3.63, 3.8) is 0 Å². The number of hydrogen-bond acceptors (Lipinski definition) is 6. The fourth-order valence-corrected chi connectivity index (χ4v) is 4.34. The molecule has 0 atom stereocenters. The number of rotatable bonds is 5. The van der Waals surface area contributed by atoms with E-state index in [2.05, 4.69) is 14.9 Å². The van der Waals surface area contributed by atoms with Crippen LogP contribution in [0.15, 0.2) is 24.4 Å². The van der Waals surface area contributed by atoms with Crippen molar-refractivity contribution in [2.45, 2.75) is 44.7 Å². The third kappa shape index (κ3) is 4.92. The second kappa shape index (κ2) is 8.74. The van der Waals surface area contributed by atoms with Crippen molar-refractivity contribution in [3.8, 4) is 5.88 Å². The van der Waals surface area contributed by atoms with E-state index in [1.54, 1.807) is 19.4 Å². The van der Waals surface area contributed by atoms with Crippen molar-refractivity contribution in [1.82, 2.24) is 14.9 Å². The minimum atomic E-state index is -2.64. The van der Waals surface area contributed by atoms with Gasteiger partial charge < -0.3 is 15.4 Å². The Bertz CT molecular complexity index is 969. The zero-order valence-electron chi connectivity index (χ0n) is 17.6. The van der Waals surface area contributed by atoms with Crippen LogP contribution in [0, 0.1) is 0 Å². The van der Waals surface area contributed by atoms with Crippen molar-refractivity contribution in [2.24, 2.45) is 5.73 Å². The molecule has 2 aromatic rings. The highest BCUT2D eigenvalue weighted by Gasteiger charge is 2.33. The Hall–Kier alpha value is -2.81. The number of carbonyl (C=O) groups is 1. The van der Waals surface area contributed by atoms with Gasteiger partial charge in [-0.05, 0) is 36.1 Å². The summed E-state index contributed by atoms with van der Waals surface area (Å²) in [5.74, 6) is -2.69. The molecule has 0 aromatic carbocycles. The first-order valence-electron chi connectivity index (χ1n) is 10.5. The van der Waals surface area contributed by atoms with Gasteiger partial charge in [-0.25, -0.2) is 18.7 Å². The summed E-state index contributed by atoms with van der Waals surface area (Å²) in [7, 11) is 1.58. The average Bonchev–Trinajstić information content (AvgIpc) is 2.93. The third-order valence-electron chi connectivity index (χ3n) is 5.96. The zero-order valence-corrected chi connectivity index (χ0v) is 17.6. The average molecular weight is 431 g/mol. The summed E-state index contributed by atoms with van der Waals surface area (Å²) in [6, 6.07) is 5.51. The Kier molecular flexibility index (Phi) is 6.04. The lowest BCUT2D eigenvalue weighted by molar-refractivity contribution is -0.0102. The molecule has 0 aliphatic carbocycles. The number of methoxy groups -OCH3 is 1. The van der Waals surface area contributed by atoms with Gasteiger partial charge in [0.2, 0.25) is 11.8 Å². The fourth-order valence-electron chi connectivity index (χ4n) is 4.34. The van der Waals surface area contributed by atoms with Crippen LogP contribution in [0.3, 0.4) is 0 Å². The van der Waals surface area contributed by atoms with Gasteiger partial charge in [0, 0.05) is 63.5 Å². The van der Waals surface area contributed by atoms with E-state index in [1.165, 1.54) is 0 Å². The molecule has 0 bridgehead atoms. The van der Waals surface area contributed by atoms with Gasteiger partial charge in [-0.15, -0.1) is 0 Å². The van der Waals surface area contributed by atoms with Crippen LogP contribution in [0.5, 0.6) is 5.88 Å². The first kappa shape index (κ1) is 21.4. The van der Waals surface area contributed by atoms with E-state index in [0.29, 0.717) is 31.9 Å². The zero-order chi connectivity index (χ0) is 22.0.